The molecule has 1 aromatic heterocycles. The number of hydrogen-bond acceptors (Lipinski definition) is 10. The summed E-state index contributed by atoms with van der Waals surface area (Å²) < 4.78 is 16.8. The molecule has 2 heterocycles. The van der Waals surface area contributed by atoms with E-state index in [4.69, 9.17) is 13.9 Å². The van der Waals surface area contributed by atoms with Crippen molar-refractivity contribution < 1.29 is 44.2 Å². The van der Waals surface area contributed by atoms with E-state index in [2.05, 4.69) is 6.92 Å². The van der Waals surface area contributed by atoms with E-state index in [0.29, 0.717) is 44.9 Å². The van der Waals surface area contributed by atoms with Crippen molar-refractivity contribution in [2.45, 2.75) is 126 Å². The summed E-state index contributed by atoms with van der Waals surface area (Å²) in [7, 11) is 0. The molecule has 5 N–H and O–H groups in total. The Morgan fingerprint density at radius 2 is 1.70 bits per heavy atom. The first-order valence-corrected chi connectivity index (χ1v) is 14.7. The molecule has 6 rings (SSSR count). The molecule has 5 aliphatic rings. The molecule has 0 amide bonds. The summed E-state index contributed by atoms with van der Waals surface area (Å²) in [6, 6.07) is 3.21. The number of aliphatic hydroxyl groups excluding tert-OH is 3. The zero-order chi connectivity index (χ0) is 28.7. The molecule has 5 fully saturated rings. The van der Waals surface area contributed by atoms with Crippen molar-refractivity contribution in [1.29, 1.82) is 0 Å². The van der Waals surface area contributed by atoms with Gasteiger partial charge in [-0.3, -0.25) is 0 Å². The Kier molecular flexibility index (Phi) is 6.89. The molecule has 4 aliphatic carbocycles. The van der Waals surface area contributed by atoms with Crippen molar-refractivity contribution in [2.75, 3.05) is 0 Å². The van der Waals surface area contributed by atoms with Crippen molar-refractivity contribution in [3.8, 4) is 0 Å². The molecule has 1 aromatic rings. The Labute approximate surface area is 233 Å². The Balaban J connectivity index is 1.23. The highest BCUT2D eigenvalue weighted by Gasteiger charge is 2.71. The largest absolute Gasteiger partial charge is 0.431 e. The molecule has 0 unspecified atom stereocenters. The molecule has 222 valence electrons. The van der Waals surface area contributed by atoms with E-state index in [-0.39, 0.29) is 24.2 Å². The Morgan fingerprint density at radius 3 is 2.40 bits per heavy atom. The second-order valence-electron chi connectivity index (χ2n) is 13.5. The van der Waals surface area contributed by atoms with Crippen molar-refractivity contribution in [3.63, 3.8) is 0 Å². The van der Waals surface area contributed by atoms with Crippen molar-refractivity contribution >= 4 is 6.29 Å². The van der Waals surface area contributed by atoms with Crippen LogP contribution in [0.25, 0.3) is 0 Å². The molecule has 1 saturated heterocycles. The van der Waals surface area contributed by atoms with Crippen LogP contribution in [0.2, 0.25) is 0 Å². The highest BCUT2D eigenvalue weighted by atomic mass is 16.7. The van der Waals surface area contributed by atoms with E-state index >= 15 is 0 Å². The van der Waals surface area contributed by atoms with Gasteiger partial charge in [-0.2, -0.15) is 0 Å². The lowest BCUT2D eigenvalue weighted by Crippen LogP contribution is -2.69. The number of aliphatic hydroxyl groups is 5. The van der Waals surface area contributed by atoms with Gasteiger partial charge in [0.1, 0.15) is 24.6 Å². The maximum absolute atomic E-state index is 13.0. The SMILES string of the molecule is C[C@H]1O[C@@H](O[C@@H]2CC[C@@]3(C=O)[C@@H]4CC[C@@]5(C)[C@H](c6ccc(=O)oc6)CC[C@]5(O)[C@@H]4CC[C@]3(O)C2)[C@H](O)[C@H](O)[C@H]1O. The molecule has 0 radical (unpaired) electrons. The number of aldehydes is 1. The van der Waals surface area contributed by atoms with Crippen LogP contribution in [-0.4, -0.2) is 79.8 Å². The topological polar surface area (TPSA) is 167 Å². The van der Waals surface area contributed by atoms with Gasteiger partial charge < -0.3 is 44.2 Å². The summed E-state index contributed by atoms with van der Waals surface area (Å²) in [5.41, 5.74) is -3.34. The van der Waals surface area contributed by atoms with Gasteiger partial charge in [0.2, 0.25) is 0 Å². The Hall–Kier alpha value is -1.66. The van der Waals surface area contributed by atoms with Gasteiger partial charge in [-0.25, -0.2) is 4.79 Å². The van der Waals surface area contributed by atoms with Gasteiger partial charge in [0.25, 0.3) is 0 Å². The summed E-state index contributed by atoms with van der Waals surface area (Å²) in [4.78, 5) is 24.5. The Morgan fingerprint density at radius 1 is 0.950 bits per heavy atom. The lowest BCUT2D eigenvalue weighted by molar-refractivity contribution is -0.317. The summed E-state index contributed by atoms with van der Waals surface area (Å²) in [6.45, 7) is 3.71. The Bertz CT molecular complexity index is 1170. The number of rotatable bonds is 4. The molecule has 0 aromatic carbocycles. The van der Waals surface area contributed by atoms with Gasteiger partial charge in [0.05, 0.1) is 35.1 Å². The summed E-state index contributed by atoms with van der Waals surface area (Å²) in [6.07, 6.45) is 0.559. The fraction of sp³-hybridized carbons (Fsp3) is 0.800. The van der Waals surface area contributed by atoms with E-state index in [1.54, 1.807) is 13.0 Å². The zero-order valence-electron chi connectivity index (χ0n) is 23.1. The predicted octanol–water partition coefficient (Wildman–Crippen LogP) is 1.39. The smallest absolute Gasteiger partial charge is 0.335 e. The van der Waals surface area contributed by atoms with Crippen LogP contribution in [-0.2, 0) is 14.3 Å². The number of ether oxygens (including phenoxy) is 2. The third-order valence-electron chi connectivity index (χ3n) is 12.0. The van der Waals surface area contributed by atoms with Gasteiger partial charge in [-0.15, -0.1) is 0 Å². The van der Waals surface area contributed by atoms with Crippen LogP contribution in [0.1, 0.15) is 83.1 Å². The quantitative estimate of drug-likeness (QED) is 0.267. The van der Waals surface area contributed by atoms with Crippen LogP contribution in [0, 0.1) is 22.7 Å². The average molecular weight is 563 g/mol. The maximum atomic E-state index is 13.0. The minimum Gasteiger partial charge on any atom is -0.431 e. The average Bonchev–Trinajstić information content (AvgIpc) is 3.21. The zero-order valence-corrected chi connectivity index (χ0v) is 23.1. The van der Waals surface area contributed by atoms with Gasteiger partial charge in [-0.05, 0) is 87.7 Å². The second-order valence-corrected chi connectivity index (χ2v) is 13.5. The van der Waals surface area contributed by atoms with Gasteiger partial charge >= 0.3 is 5.63 Å². The number of hydrogen-bond donors (Lipinski definition) is 5. The molecular formula is C30H42O10. The molecule has 1 aliphatic heterocycles. The molecule has 40 heavy (non-hydrogen) atoms. The lowest BCUT2D eigenvalue weighted by Gasteiger charge is -2.65. The number of carbonyl (C=O) groups is 1. The molecule has 10 nitrogen and oxygen atoms in total. The third kappa shape index (κ3) is 3.87. The minimum atomic E-state index is -1.44. The first kappa shape index (κ1) is 28.5. The predicted molar refractivity (Wildman–Crippen MR) is 140 cm³/mol. The van der Waals surface area contributed by atoms with Crippen LogP contribution in [0.15, 0.2) is 27.6 Å². The first-order valence-electron chi connectivity index (χ1n) is 14.7. The molecule has 10 heteroatoms. The summed E-state index contributed by atoms with van der Waals surface area (Å²) in [5, 5.41) is 55.1. The lowest BCUT2D eigenvalue weighted by atomic mass is 9.41. The van der Waals surface area contributed by atoms with E-state index in [0.717, 1.165) is 18.3 Å². The van der Waals surface area contributed by atoms with Crippen LogP contribution in [0.3, 0.4) is 0 Å². The van der Waals surface area contributed by atoms with E-state index in [1.807, 2.05) is 0 Å². The van der Waals surface area contributed by atoms with Crippen LogP contribution < -0.4 is 5.63 Å². The van der Waals surface area contributed by atoms with E-state index in [9.17, 15) is 35.1 Å². The van der Waals surface area contributed by atoms with Crippen LogP contribution in [0.5, 0.6) is 0 Å². The highest BCUT2D eigenvalue weighted by molar-refractivity contribution is 5.64. The molecular weight excluding hydrogens is 520 g/mol. The molecule has 4 saturated carbocycles. The molecule has 13 atom stereocenters. The van der Waals surface area contributed by atoms with Gasteiger partial charge in [0.15, 0.2) is 6.29 Å². The molecule has 0 bridgehead atoms. The third-order valence-corrected chi connectivity index (χ3v) is 12.0. The van der Waals surface area contributed by atoms with E-state index in [1.165, 1.54) is 12.3 Å². The summed E-state index contributed by atoms with van der Waals surface area (Å²) in [5.74, 6) is -0.322. The van der Waals surface area contributed by atoms with Crippen LogP contribution in [0.4, 0.5) is 0 Å². The fourth-order valence-electron chi connectivity index (χ4n) is 9.67. The monoisotopic (exact) mass is 562 g/mol. The van der Waals surface area contributed by atoms with Crippen molar-refractivity contribution in [1.82, 2.24) is 0 Å². The normalized spacial score (nSPS) is 52.3. The fourth-order valence-corrected chi connectivity index (χ4v) is 9.67. The number of carbonyl (C=O) groups excluding carboxylic acids is 1. The van der Waals surface area contributed by atoms with Gasteiger partial charge in [-0.1, -0.05) is 6.92 Å². The van der Waals surface area contributed by atoms with Crippen LogP contribution >= 0.6 is 0 Å². The van der Waals surface area contributed by atoms with Crippen molar-refractivity contribution in [2.24, 2.45) is 22.7 Å². The second kappa shape index (κ2) is 9.69. The molecule has 0 spiro atoms. The van der Waals surface area contributed by atoms with Crippen molar-refractivity contribution in [3.05, 3.63) is 34.4 Å². The maximum Gasteiger partial charge on any atom is 0.335 e. The highest BCUT2D eigenvalue weighted by Crippen LogP contribution is 2.71. The van der Waals surface area contributed by atoms with E-state index < -0.39 is 64.5 Å². The number of fused-ring (bicyclic) bond motifs is 5. The summed E-state index contributed by atoms with van der Waals surface area (Å²) >= 11 is 0. The first-order chi connectivity index (χ1) is 18.9. The standard InChI is InChI=1S/C30H42O10/c1-16-23(33)24(34)25(35)26(39-16)40-18-5-10-28(15-31)20-6-9-27(2)19(17-3-4-22(32)38-14-17)8-12-30(27,37)21(20)7-11-29(28,36)13-18/h3-4,14-16,18-21,23-26,33-37H,5-13H2,1-2H3/t16-,18-,19+,20-,21-,23+,24-,25-,26+,27+,28-,29+,30+/m1/s1. The minimum absolute atomic E-state index is 0.0260. The van der Waals surface area contributed by atoms with Gasteiger partial charge in [0, 0.05) is 17.9 Å².